The average Bonchev–Trinajstić information content (AvgIpc) is 2.48. The summed E-state index contributed by atoms with van der Waals surface area (Å²) in [5.74, 6) is -0.463. The van der Waals surface area contributed by atoms with Crippen molar-refractivity contribution in [3.8, 4) is 11.3 Å². The zero-order chi connectivity index (χ0) is 19.1. The van der Waals surface area contributed by atoms with E-state index in [0.29, 0.717) is 29.4 Å². The molecule has 6 nitrogen and oxygen atoms in total. The first kappa shape index (κ1) is 18.4. The third-order valence-corrected chi connectivity index (χ3v) is 4.26. The standard InChI is InChI=1S/C18H20ClFN4O2/c1-18(2,3)26-17(25)24-7-6-15(24)16-13(21)9-14(22-23-16)11-8-10(19)4-5-12(11)20/h4-5,8-9,15H,6-7H2,1-3H3,(H2,21,22). The number of halogens is 2. The first-order chi connectivity index (χ1) is 12.2. The van der Waals surface area contributed by atoms with E-state index in [-0.39, 0.29) is 17.3 Å². The minimum absolute atomic E-state index is 0.223. The number of benzene rings is 1. The van der Waals surface area contributed by atoms with Crippen molar-refractivity contribution in [2.75, 3.05) is 12.3 Å². The Labute approximate surface area is 156 Å². The van der Waals surface area contributed by atoms with Gasteiger partial charge in [0, 0.05) is 17.1 Å². The smallest absolute Gasteiger partial charge is 0.410 e. The van der Waals surface area contributed by atoms with E-state index in [1.54, 1.807) is 11.0 Å². The molecule has 2 N–H and O–H groups in total. The van der Waals surface area contributed by atoms with E-state index >= 15 is 0 Å². The average molecular weight is 379 g/mol. The highest BCUT2D eigenvalue weighted by Crippen LogP contribution is 2.37. The van der Waals surface area contributed by atoms with Crippen LogP contribution in [0, 0.1) is 5.82 Å². The van der Waals surface area contributed by atoms with E-state index in [9.17, 15) is 9.18 Å². The fraction of sp³-hybridized carbons (Fsp3) is 0.389. The number of hydrogen-bond donors (Lipinski definition) is 1. The van der Waals surface area contributed by atoms with Gasteiger partial charge >= 0.3 is 6.09 Å². The Morgan fingerprint density at radius 3 is 2.65 bits per heavy atom. The number of hydrogen-bond acceptors (Lipinski definition) is 5. The second-order valence-corrected chi connectivity index (χ2v) is 7.61. The normalized spacial score (nSPS) is 17.0. The second kappa shape index (κ2) is 6.72. The van der Waals surface area contributed by atoms with Gasteiger partial charge in [-0.05, 0) is 51.5 Å². The lowest BCUT2D eigenvalue weighted by molar-refractivity contribution is -0.00650. The summed E-state index contributed by atoms with van der Waals surface area (Å²) in [5.41, 5.74) is 6.86. The third kappa shape index (κ3) is 3.72. The number of nitrogens with two attached hydrogens (primary N) is 1. The fourth-order valence-corrected chi connectivity index (χ4v) is 2.88. The maximum atomic E-state index is 14.0. The van der Waals surface area contributed by atoms with Gasteiger partial charge in [0.25, 0.3) is 0 Å². The van der Waals surface area contributed by atoms with Gasteiger partial charge in [-0.25, -0.2) is 9.18 Å². The molecule has 1 aromatic heterocycles. The summed E-state index contributed by atoms with van der Waals surface area (Å²) in [7, 11) is 0. The van der Waals surface area contributed by atoms with Crippen molar-refractivity contribution >= 4 is 23.4 Å². The molecule has 1 fully saturated rings. The molecule has 1 atom stereocenters. The highest BCUT2D eigenvalue weighted by atomic mass is 35.5. The minimum atomic E-state index is -0.581. The Morgan fingerprint density at radius 1 is 1.35 bits per heavy atom. The number of nitrogen functional groups attached to an aromatic ring is 1. The minimum Gasteiger partial charge on any atom is -0.444 e. The van der Waals surface area contributed by atoms with Crippen LogP contribution in [0.5, 0.6) is 0 Å². The van der Waals surface area contributed by atoms with E-state index in [1.165, 1.54) is 18.2 Å². The monoisotopic (exact) mass is 378 g/mol. The summed E-state index contributed by atoms with van der Waals surface area (Å²) < 4.78 is 19.4. The molecule has 3 rings (SSSR count). The summed E-state index contributed by atoms with van der Waals surface area (Å²) in [6.45, 7) is 5.98. The number of likely N-dealkylation sites (tertiary alicyclic amines) is 1. The number of amides is 1. The molecule has 1 aliphatic heterocycles. The lowest BCUT2D eigenvalue weighted by Crippen LogP contribution is -2.47. The highest BCUT2D eigenvalue weighted by Gasteiger charge is 2.38. The van der Waals surface area contributed by atoms with Crippen LogP contribution >= 0.6 is 11.6 Å². The highest BCUT2D eigenvalue weighted by molar-refractivity contribution is 6.30. The van der Waals surface area contributed by atoms with Crippen LogP contribution in [0.25, 0.3) is 11.3 Å². The molecule has 1 aliphatic rings. The molecule has 1 unspecified atom stereocenters. The van der Waals surface area contributed by atoms with E-state index in [1.807, 2.05) is 20.8 Å². The number of nitrogens with zero attached hydrogens (tertiary/aromatic N) is 3. The number of aromatic nitrogens is 2. The predicted molar refractivity (Wildman–Crippen MR) is 97.1 cm³/mol. The first-order valence-electron chi connectivity index (χ1n) is 8.24. The lowest BCUT2D eigenvalue weighted by atomic mass is 9.98. The molecule has 0 aliphatic carbocycles. The SMILES string of the molecule is CC(C)(C)OC(=O)N1CCC1c1nnc(-c2cc(Cl)ccc2F)cc1N. The van der Waals surface area contributed by atoms with Crippen molar-refractivity contribution in [2.24, 2.45) is 0 Å². The van der Waals surface area contributed by atoms with Crippen LogP contribution in [0.4, 0.5) is 14.9 Å². The summed E-state index contributed by atoms with van der Waals surface area (Å²) in [6, 6.07) is 5.44. The van der Waals surface area contributed by atoms with Crippen LogP contribution in [0.2, 0.25) is 5.02 Å². The van der Waals surface area contributed by atoms with Gasteiger partial charge in [-0.1, -0.05) is 11.6 Å². The molecule has 1 amide bonds. The largest absolute Gasteiger partial charge is 0.444 e. The van der Waals surface area contributed by atoms with Gasteiger partial charge in [0.15, 0.2) is 0 Å². The van der Waals surface area contributed by atoms with Gasteiger partial charge in [0.2, 0.25) is 0 Å². The molecule has 26 heavy (non-hydrogen) atoms. The molecule has 0 saturated carbocycles. The number of anilines is 1. The molecule has 8 heteroatoms. The molecule has 0 spiro atoms. The van der Waals surface area contributed by atoms with Gasteiger partial charge in [-0.2, -0.15) is 5.10 Å². The van der Waals surface area contributed by atoms with Crippen LogP contribution in [-0.4, -0.2) is 33.3 Å². The molecule has 2 heterocycles. The van der Waals surface area contributed by atoms with Gasteiger partial charge in [-0.15, -0.1) is 5.10 Å². The van der Waals surface area contributed by atoms with E-state index in [4.69, 9.17) is 22.1 Å². The Kier molecular flexibility index (Phi) is 4.75. The number of carbonyl (C=O) groups excluding carboxylic acids is 1. The molecule has 138 valence electrons. The molecular weight excluding hydrogens is 359 g/mol. The van der Waals surface area contributed by atoms with Gasteiger partial charge in [0.05, 0.1) is 17.4 Å². The van der Waals surface area contributed by atoms with Crippen molar-refractivity contribution in [3.05, 3.63) is 40.8 Å². The van der Waals surface area contributed by atoms with Crippen molar-refractivity contribution in [2.45, 2.75) is 38.8 Å². The van der Waals surface area contributed by atoms with Gasteiger partial charge < -0.3 is 10.5 Å². The molecule has 1 aromatic carbocycles. The number of carbonyl (C=O) groups is 1. The zero-order valence-electron chi connectivity index (χ0n) is 14.8. The van der Waals surface area contributed by atoms with Gasteiger partial charge in [-0.3, -0.25) is 4.90 Å². The maximum absolute atomic E-state index is 14.0. The van der Waals surface area contributed by atoms with E-state index < -0.39 is 17.5 Å². The Balaban J connectivity index is 1.84. The first-order valence-corrected chi connectivity index (χ1v) is 8.61. The van der Waals surface area contributed by atoms with Crippen molar-refractivity contribution in [1.82, 2.24) is 15.1 Å². The van der Waals surface area contributed by atoms with Crippen LogP contribution in [-0.2, 0) is 4.74 Å². The number of rotatable bonds is 2. The van der Waals surface area contributed by atoms with Crippen molar-refractivity contribution in [1.29, 1.82) is 0 Å². The molecule has 0 bridgehead atoms. The summed E-state index contributed by atoms with van der Waals surface area (Å²) in [5, 5.41) is 8.61. The number of ether oxygens (including phenoxy) is 1. The lowest BCUT2D eigenvalue weighted by Gasteiger charge is -2.41. The Morgan fingerprint density at radius 2 is 2.08 bits per heavy atom. The van der Waals surface area contributed by atoms with Gasteiger partial charge in [0.1, 0.15) is 17.1 Å². The van der Waals surface area contributed by atoms with E-state index in [2.05, 4.69) is 10.2 Å². The molecule has 2 aromatic rings. The third-order valence-electron chi connectivity index (χ3n) is 4.02. The quantitative estimate of drug-likeness (QED) is 0.846. The summed E-state index contributed by atoms with van der Waals surface area (Å²) in [6.07, 6.45) is 0.295. The van der Waals surface area contributed by atoms with Crippen LogP contribution in [0.3, 0.4) is 0 Å². The predicted octanol–water partition coefficient (Wildman–Crippen LogP) is 4.20. The van der Waals surface area contributed by atoms with Crippen molar-refractivity contribution < 1.29 is 13.9 Å². The van der Waals surface area contributed by atoms with Crippen LogP contribution in [0.1, 0.15) is 38.9 Å². The van der Waals surface area contributed by atoms with Crippen LogP contribution < -0.4 is 5.73 Å². The zero-order valence-corrected chi connectivity index (χ0v) is 15.5. The topological polar surface area (TPSA) is 81.3 Å². The summed E-state index contributed by atoms with van der Waals surface area (Å²) in [4.78, 5) is 13.8. The Hall–Kier alpha value is -2.41. The molecule has 1 saturated heterocycles. The summed E-state index contributed by atoms with van der Waals surface area (Å²) >= 11 is 5.92. The van der Waals surface area contributed by atoms with Crippen molar-refractivity contribution in [3.63, 3.8) is 0 Å². The fourth-order valence-electron chi connectivity index (χ4n) is 2.71. The molecular formula is C18H20ClFN4O2. The second-order valence-electron chi connectivity index (χ2n) is 7.17. The Bertz CT molecular complexity index is 854. The van der Waals surface area contributed by atoms with E-state index in [0.717, 1.165) is 0 Å². The maximum Gasteiger partial charge on any atom is 0.410 e. The molecule has 0 radical (unpaired) electrons. The van der Waals surface area contributed by atoms with Crippen LogP contribution in [0.15, 0.2) is 24.3 Å².